The Bertz CT molecular complexity index is 1470. The van der Waals surface area contributed by atoms with Gasteiger partial charge in [-0.2, -0.15) is 0 Å². The lowest BCUT2D eigenvalue weighted by molar-refractivity contribution is -0.185. The summed E-state index contributed by atoms with van der Waals surface area (Å²) in [6, 6.07) is 7.71. The van der Waals surface area contributed by atoms with Gasteiger partial charge in [-0.1, -0.05) is 84.2 Å². The van der Waals surface area contributed by atoms with Crippen LogP contribution in [0.4, 0.5) is 5.69 Å². The number of piperazine rings is 1. The molecule has 6 heteroatoms. The smallest absolute Gasteiger partial charge is 0.230 e. The Morgan fingerprint density at radius 3 is 2.35 bits per heavy atom. The molecule has 4 saturated carbocycles. The Hall–Kier alpha value is -1.85. The Morgan fingerprint density at radius 2 is 1.63 bits per heavy atom. The SMILES string of the molecule is CC1(C(=O)N2CCN(c3ccccc3Cl)CC2O)CC[C@]2(C)CC[C@]3(C)C(=CC(=O)C4[C@@]5(C)CCCC(C)(C)C5CC[C@]43C)[C@H]2C1. The second-order valence-electron chi connectivity index (χ2n) is 18.5. The van der Waals surface area contributed by atoms with Crippen molar-refractivity contribution in [2.45, 2.75) is 119 Å². The average Bonchev–Trinajstić information content (AvgIpc) is 2.98. The number of para-hydroxylation sites is 1. The molecule has 46 heavy (non-hydrogen) atoms. The minimum absolute atomic E-state index is 0.0386. The zero-order valence-corrected chi connectivity index (χ0v) is 30.2. The molecule has 1 N–H and O–H groups in total. The summed E-state index contributed by atoms with van der Waals surface area (Å²) >= 11 is 6.48. The number of amides is 1. The van der Waals surface area contributed by atoms with Gasteiger partial charge in [-0.05, 0) is 115 Å². The Balaban J connectivity index is 1.18. The maximum absolute atomic E-state index is 14.6. The number of fused-ring (bicyclic) bond motifs is 7. The minimum atomic E-state index is -0.884. The first-order valence-corrected chi connectivity index (χ1v) is 18.6. The molecule has 5 aliphatic carbocycles. The van der Waals surface area contributed by atoms with Gasteiger partial charge < -0.3 is 14.9 Å². The van der Waals surface area contributed by atoms with Crippen LogP contribution in [0.5, 0.6) is 0 Å². The van der Waals surface area contributed by atoms with Gasteiger partial charge in [-0.15, -0.1) is 0 Å². The van der Waals surface area contributed by atoms with Crippen molar-refractivity contribution in [3.63, 3.8) is 0 Å². The number of nitrogens with zero attached hydrogens (tertiary/aromatic N) is 2. The molecule has 7 rings (SSSR count). The lowest BCUT2D eigenvalue weighted by Gasteiger charge is -2.70. The van der Waals surface area contributed by atoms with E-state index in [9.17, 15) is 14.7 Å². The zero-order valence-electron chi connectivity index (χ0n) is 29.4. The maximum atomic E-state index is 14.6. The highest BCUT2D eigenvalue weighted by molar-refractivity contribution is 6.33. The molecule has 6 aliphatic rings. The molecule has 0 bridgehead atoms. The summed E-state index contributed by atoms with van der Waals surface area (Å²) in [6.07, 6.45) is 12.0. The largest absolute Gasteiger partial charge is 0.372 e. The van der Waals surface area contributed by atoms with E-state index in [-0.39, 0.29) is 44.8 Å². The van der Waals surface area contributed by atoms with E-state index in [0.29, 0.717) is 36.4 Å². The van der Waals surface area contributed by atoms with Crippen molar-refractivity contribution in [1.82, 2.24) is 4.90 Å². The fourth-order valence-electron chi connectivity index (χ4n) is 12.7. The molecule has 5 nitrogen and oxygen atoms in total. The van der Waals surface area contributed by atoms with Crippen LogP contribution in [0, 0.1) is 50.2 Å². The Kier molecular flexibility index (Phi) is 7.51. The number of carbonyl (C=O) groups excluding carboxylic acids is 2. The lowest BCUT2D eigenvalue weighted by atomic mass is 9.33. The molecular weight excluding hydrogens is 592 g/mol. The van der Waals surface area contributed by atoms with Crippen LogP contribution in [-0.4, -0.2) is 47.6 Å². The first-order valence-electron chi connectivity index (χ1n) is 18.2. The summed E-state index contributed by atoms with van der Waals surface area (Å²) in [5, 5.41) is 12.0. The van der Waals surface area contributed by atoms with Gasteiger partial charge in [0.25, 0.3) is 0 Å². The van der Waals surface area contributed by atoms with Crippen LogP contribution >= 0.6 is 11.6 Å². The molecule has 0 spiro atoms. The van der Waals surface area contributed by atoms with Gasteiger partial charge in [0.2, 0.25) is 5.91 Å². The molecule has 0 aromatic heterocycles. The van der Waals surface area contributed by atoms with Gasteiger partial charge >= 0.3 is 0 Å². The van der Waals surface area contributed by atoms with Crippen molar-refractivity contribution in [3.8, 4) is 0 Å². The molecule has 1 heterocycles. The second-order valence-corrected chi connectivity index (χ2v) is 18.9. The molecule has 1 aliphatic heterocycles. The van der Waals surface area contributed by atoms with Crippen LogP contribution in [0.2, 0.25) is 5.02 Å². The number of benzene rings is 1. The standard InChI is InChI=1S/C40H57ClN2O3/c1-35(2)14-10-15-38(5)31(35)13-16-40(7)33(38)30(44)23-26-27-24-37(4,18-17-36(27,3)19-20-39(26,40)6)34(46)43-22-21-42(25-32(43)45)29-12-9-8-11-28(29)41/h8-9,11-12,23,27,31-33,45H,10,13-22,24-25H2,1-7H3/t27-,31?,32?,33?,36-,37?,38+,39-,40-/m1/s1. The number of allylic oxidation sites excluding steroid dienone is 2. The fraction of sp³-hybridized carbons (Fsp3) is 0.750. The predicted molar refractivity (Wildman–Crippen MR) is 185 cm³/mol. The number of ketones is 1. The van der Waals surface area contributed by atoms with E-state index in [1.165, 1.54) is 24.8 Å². The third kappa shape index (κ3) is 4.49. The molecule has 9 atom stereocenters. The Labute approximate surface area is 282 Å². The van der Waals surface area contributed by atoms with Crippen molar-refractivity contribution in [2.24, 2.45) is 50.2 Å². The number of halogens is 1. The van der Waals surface area contributed by atoms with Crippen molar-refractivity contribution < 1.29 is 14.7 Å². The topological polar surface area (TPSA) is 60.9 Å². The fourth-order valence-corrected chi connectivity index (χ4v) is 13.0. The third-order valence-corrected chi connectivity index (χ3v) is 16.0. The number of anilines is 1. The van der Waals surface area contributed by atoms with E-state index in [0.717, 1.165) is 50.6 Å². The van der Waals surface area contributed by atoms with Crippen LogP contribution in [0.3, 0.4) is 0 Å². The first-order chi connectivity index (χ1) is 21.5. The summed E-state index contributed by atoms with van der Waals surface area (Å²) < 4.78 is 0. The quantitative estimate of drug-likeness (QED) is 0.349. The van der Waals surface area contributed by atoms with E-state index < -0.39 is 11.6 Å². The van der Waals surface area contributed by atoms with Crippen molar-refractivity contribution in [3.05, 3.63) is 40.9 Å². The van der Waals surface area contributed by atoms with Crippen molar-refractivity contribution in [1.29, 1.82) is 0 Å². The maximum Gasteiger partial charge on any atom is 0.230 e. The highest BCUT2D eigenvalue weighted by atomic mass is 35.5. The number of rotatable bonds is 2. The zero-order chi connectivity index (χ0) is 33.1. The first kappa shape index (κ1) is 32.7. The molecule has 1 aromatic carbocycles. The highest BCUT2D eigenvalue weighted by Gasteiger charge is 2.69. The molecule has 0 radical (unpaired) electrons. The number of hydrogen-bond acceptors (Lipinski definition) is 4. The number of hydrogen-bond donors (Lipinski definition) is 1. The van der Waals surface area contributed by atoms with Gasteiger partial charge in [-0.25, -0.2) is 0 Å². The van der Waals surface area contributed by atoms with Crippen molar-refractivity contribution in [2.75, 3.05) is 24.5 Å². The summed E-state index contributed by atoms with van der Waals surface area (Å²) in [5.74, 6) is 1.29. The summed E-state index contributed by atoms with van der Waals surface area (Å²) in [4.78, 5) is 32.9. The van der Waals surface area contributed by atoms with E-state index in [1.54, 1.807) is 4.90 Å². The monoisotopic (exact) mass is 648 g/mol. The van der Waals surface area contributed by atoms with Crippen LogP contribution in [-0.2, 0) is 9.59 Å². The summed E-state index contributed by atoms with van der Waals surface area (Å²) in [6.45, 7) is 18.4. The van der Waals surface area contributed by atoms with Gasteiger partial charge in [-0.3, -0.25) is 9.59 Å². The highest BCUT2D eigenvalue weighted by Crippen LogP contribution is 2.75. The van der Waals surface area contributed by atoms with Gasteiger partial charge in [0.1, 0.15) is 6.23 Å². The Morgan fingerprint density at radius 1 is 0.913 bits per heavy atom. The number of β-amino-alcohol motifs (C(OH)–C–C–N with tert-alkyl or cyclic N) is 1. The molecule has 4 unspecified atom stereocenters. The molecule has 1 aromatic rings. The summed E-state index contributed by atoms with van der Waals surface area (Å²) in [7, 11) is 0. The van der Waals surface area contributed by atoms with Crippen LogP contribution < -0.4 is 4.90 Å². The minimum Gasteiger partial charge on any atom is -0.372 e. The third-order valence-electron chi connectivity index (χ3n) is 15.6. The van der Waals surface area contributed by atoms with E-state index in [1.807, 2.05) is 24.3 Å². The predicted octanol–water partition coefficient (Wildman–Crippen LogP) is 8.68. The van der Waals surface area contributed by atoms with E-state index in [2.05, 4.69) is 59.4 Å². The number of aliphatic hydroxyl groups is 1. The molecule has 5 fully saturated rings. The normalized spacial score (nSPS) is 45.2. The van der Waals surface area contributed by atoms with E-state index in [4.69, 9.17) is 11.6 Å². The van der Waals surface area contributed by atoms with Crippen LogP contribution in [0.15, 0.2) is 35.9 Å². The molecule has 252 valence electrons. The number of carbonyl (C=O) groups is 2. The lowest BCUT2D eigenvalue weighted by Crippen LogP contribution is -2.65. The van der Waals surface area contributed by atoms with Gasteiger partial charge in [0.15, 0.2) is 5.78 Å². The summed E-state index contributed by atoms with van der Waals surface area (Å²) in [5.41, 5.74) is 1.96. The molecule has 1 saturated heterocycles. The second kappa shape index (κ2) is 10.6. The molecule has 1 amide bonds. The van der Waals surface area contributed by atoms with Gasteiger partial charge in [0.05, 0.1) is 17.3 Å². The molecular formula is C40H57ClN2O3. The van der Waals surface area contributed by atoms with Crippen LogP contribution in [0.1, 0.15) is 113 Å². The van der Waals surface area contributed by atoms with E-state index >= 15 is 0 Å². The number of aliphatic hydroxyl groups excluding tert-OH is 1. The van der Waals surface area contributed by atoms with Crippen LogP contribution in [0.25, 0.3) is 0 Å². The average molecular weight is 649 g/mol. The van der Waals surface area contributed by atoms with Crippen molar-refractivity contribution >= 4 is 29.0 Å². The van der Waals surface area contributed by atoms with Gasteiger partial charge in [0, 0.05) is 24.4 Å².